The Morgan fingerprint density at radius 3 is 2.71 bits per heavy atom. The van der Waals surface area contributed by atoms with Gasteiger partial charge in [-0.3, -0.25) is 4.79 Å². The Balaban J connectivity index is 1.80. The van der Waals surface area contributed by atoms with E-state index in [4.69, 9.17) is 0 Å². The second-order valence-electron chi connectivity index (χ2n) is 7.07. The van der Waals surface area contributed by atoms with E-state index < -0.39 is 11.7 Å². The van der Waals surface area contributed by atoms with Crippen LogP contribution in [-0.2, 0) is 17.5 Å². The lowest BCUT2D eigenvalue weighted by Gasteiger charge is -2.23. The summed E-state index contributed by atoms with van der Waals surface area (Å²) in [6.45, 7) is 2.44. The molecule has 146 valence electrons. The zero-order valence-corrected chi connectivity index (χ0v) is 15.4. The van der Waals surface area contributed by atoms with Gasteiger partial charge in [0.05, 0.1) is 11.3 Å². The maximum absolute atomic E-state index is 13.3. The summed E-state index contributed by atoms with van der Waals surface area (Å²) in [5.41, 5.74) is 1.00. The van der Waals surface area contributed by atoms with E-state index >= 15 is 0 Å². The van der Waals surface area contributed by atoms with Gasteiger partial charge in [-0.2, -0.15) is 13.2 Å². The smallest absolute Gasteiger partial charge is 0.338 e. The Morgan fingerprint density at radius 1 is 1.25 bits per heavy atom. The first kappa shape index (κ1) is 18.5. The van der Waals surface area contributed by atoms with E-state index in [0.29, 0.717) is 23.4 Å². The van der Waals surface area contributed by atoms with Crippen molar-refractivity contribution in [1.29, 1.82) is 0 Å². The molecule has 1 aromatic carbocycles. The Hall–Kier alpha value is -2.83. The van der Waals surface area contributed by atoms with Crippen LogP contribution in [0.1, 0.15) is 30.9 Å². The Kier molecular flexibility index (Phi) is 4.61. The first-order chi connectivity index (χ1) is 13.4. The van der Waals surface area contributed by atoms with Crippen molar-refractivity contribution >= 4 is 16.9 Å². The molecule has 1 saturated carbocycles. The van der Waals surface area contributed by atoms with Crippen molar-refractivity contribution in [2.45, 2.75) is 32.5 Å². The molecule has 1 fully saturated rings. The number of pyridine rings is 1. The van der Waals surface area contributed by atoms with E-state index in [-0.39, 0.29) is 18.4 Å². The molecule has 0 radical (unpaired) electrons. The Labute approximate surface area is 160 Å². The van der Waals surface area contributed by atoms with Crippen molar-refractivity contribution in [2.75, 3.05) is 6.54 Å². The van der Waals surface area contributed by atoms with Crippen LogP contribution in [0.3, 0.4) is 0 Å². The normalized spacial score (nSPS) is 14.4. The number of carbonyl (C=O) groups excluding carboxylic acids is 1. The molecular formula is C21H20F3N3O. The average Bonchev–Trinajstić information content (AvgIpc) is 3.44. The summed E-state index contributed by atoms with van der Waals surface area (Å²) in [7, 11) is 0. The lowest BCUT2D eigenvalue weighted by Crippen LogP contribution is -2.32. The molecule has 7 heteroatoms. The third-order valence-electron chi connectivity index (χ3n) is 5.10. The third kappa shape index (κ3) is 3.48. The number of amides is 1. The van der Waals surface area contributed by atoms with E-state index in [2.05, 4.69) is 4.98 Å². The highest BCUT2D eigenvalue weighted by atomic mass is 19.4. The molecule has 1 amide bonds. The molecular weight excluding hydrogens is 367 g/mol. The van der Waals surface area contributed by atoms with Gasteiger partial charge in [0, 0.05) is 36.8 Å². The summed E-state index contributed by atoms with van der Waals surface area (Å²) >= 11 is 0. The van der Waals surface area contributed by atoms with E-state index in [1.54, 1.807) is 21.9 Å². The molecule has 28 heavy (non-hydrogen) atoms. The molecule has 0 unspecified atom stereocenters. The van der Waals surface area contributed by atoms with Gasteiger partial charge in [0.2, 0.25) is 5.91 Å². The first-order valence-electron chi connectivity index (χ1n) is 9.30. The van der Waals surface area contributed by atoms with Gasteiger partial charge in [0.25, 0.3) is 0 Å². The maximum atomic E-state index is 13.3. The topological polar surface area (TPSA) is 38.1 Å². The van der Waals surface area contributed by atoms with Crippen LogP contribution in [0.5, 0.6) is 0 Å². The fraction of sp³-hybridized carbons (Fsp3) is 0.333. The van der Waals surface area contributed by atoms with Crippen molar-refractivity contribution in [3.8, 4) is 5.69 Å². The zero-order valence-electron chi connectivity index (χ0n) is 15.4. The van der Waals surface area contributed by atoms with Crippen molar-refractivity contribution in [1.82, 2.24) is 14.5 Å². The van der Waals surface area contributed by atoms with Gasteiger partial charge in [-0.25, -0.2) is 4.98 Å². The predicted molar refractivity (Wildman–Crippen MR) is 99.9 cm³/mol. The molecule has 0 N–H and O–H groups in total. The molecule has 4 nitrogen and oxygen atoms in total. The van der Waals surface area contributed by atoms with Crippen molar-refractivity contribution in [3.05, 3.63) is 59.9 Å². The molecule has 2 heterocycles. The van der Waals surface area contributed by atoms with Crippen molar-refractivity contribution in [3.63, 3.8) is 0 Å². The number of alkyl halides is 3. The summed E-state index contributed by atoms with van der Waals surface area (Å²) in [4.78, 5) is 18.5. The van der Waals surface area contributed by atoms with Crippen LogP contribution >= 0.6 is 0 Å². The molecule has 4 rings (SSSR count). The number of benzene rings is 1. The average molecular weight is 387 g/mol. The molecule has 1 aliphatic carbocycles. The number of carbonyl (C=O) groups is 1. The molecule has 0 atom stereocenters. The van der Waals surface area contributed by atoms with Gasteiger partial charge < -0.3 is 9.47 Å². The monoisotopic (exact) mass is 387 g/mol. The maximum Gasteiger partial charge on any atom is 0.416 e. The molecule has 0 aliphatic heterocycles. The highest BCUT2D eigenvalue weighted by molar-refractivity contribution is 5.81. The third-order valence-corrected chi connectivity index (χ3v) is 5.10. The van der Waals surface area contributed by atoms with E-state index in [9.17, 15) is 18.0 Å². The minimum atomic E-state index is -4.44. The number of fused-ring (bicyclic) bond motifs is 1. The minimum Gasteiger partial charge on any atom is -0.338 e. The van der Waals surface area contributed by atoms with Gasteiger partial charge in [0.15, 0.2) is 0 Å². The number of aromatic nitrogens is 2. The SMILES string of the molecule is CCN(Cc1cc(C(F)(F)F)ccc1-n1ccc2cccnc21)C(=O)C1CC1. The number of halogens is 3. The van der Waals surface area contributed by atoms with Gasteiger partial charge in [-0.15, -0.1) is 0 Å². The largest absolute Gasteiger partial charge is 0.416 e. The Morgan fingerprint density at radius 2 is 2.04 bits per heavy atom. The lowest BCUT2D eigenvalue weighted by atomic mass is 10.1. The van der Waals surface area contributed by atoms with Crippen molar-refractivity contribution in [2.24, 2.45) is 5.92 Å². The number of nitrogens with zero attached hydrogens (tertiary/aromatic N) is 3. The van der Waals surface area contributed by atoms with Crippen LogP contribution in [0.25, 0.3) is 16.7 Å². The fourth-order valence-corrected chi connectivity index (χ4v) is 3.42. The second-order valence-corrected chi connectivity index (χ2v) is 7.07. The number of hydrogen-bond donors (Lipinski definition) is 0. The van der Waals surface area contributed by atoms with Crippen LogP contribution in [0.15, 0.2) is 48.8 Å². The molecule has 1 aliphatic rings. The molecule has 0 spiro atoms. The number of rotatable bonds is 5. The molecule has 0 bridgehead atoms. The second kappa shape index (κ2) is 6.96. The molecule has 0 saturated heterocycles. The summed E-state index contributed by atoms with van der Waals surface area (Å²) in [6.07, 6.45) is 0.718. The highest BCUT2D eigenvalue weighted by Gasteiger charge is 2.34. The summed E-state index contributed by atoms with van der Waals surface area (Å²) in [6, 6.07) is 9.27. The van der Waals surface area contributed by atoms with E-state index in [1.165, 1.54) is 6.07 Å². The Bertz CT molecular complexity index is 1020. The molecule has 2 aromatic heterocycles. The number of hydrogen-bond acceptors (Lipinski definition) is 2. The summed E-state index contributed by atoms with van der Waals surface area (Å²) < 4.78 is 41.7. The first-order valence-corrected chi connectivity index (χ1v) is 9.30. The fourth-order valence-electron chi connectivity index (χ4n) is 3.42. The minimum absolute atomic E-state index is 0.0151. The summed E-state index contributed by atoms with van der Waals surface area (Å²) in [5, 5.41) is 0.898. The van der Waals surface area contributed by atoms with Crippen molar-refractivity contribution < 1.29 is 18.0 Å². The van der Waals surface area contributed by atoms with Crippen LogP contribution in [0.4, 0.5) is 13.2 Å². The van der Waals surface area contributed by atoms with E-state index in [1.807, 2.05) is 25.1 Å². The van der Waals surface area contributed by atoms with Crippen LogP contribution < -0.4 is 0 Å². The quantitative estimate of drug-likeness (QED) is 0.631. The van der Waals surface area contributed by atoms with Gasteiger partial charge >= 0.3 is 6.18 Å². The van der Waals surface area contributed by atoms with E-state index in [0.717, 1.165) is 30.4 Å². The summed E-state index contributed by atoms with van der Waals surface area (Å²) in [5.74, 6) is 0.0321. The van der Waals surface area contributed by atoms with Crippen LogP contribution in [0, 0.1) is 5.92 Å². The lowest BCUT2D eigenvalue weighted by molar-refractivity contribution is -0.137. The van der Waals surface area contributed by atoms with Crippen LogP contribution in [0.2, 0.25) is 0 Å². The standard InChI is InChI=1S/C21H20F3N3O/c1-2-26(20(28)15-5-6-15)13-16-12-17(21(22,23)24)7-8-18(16)27-11-9-14-4-3-10-25-19(14)27/h3-4,7-12,15H,2,5-6,13H2,1H3. The van der Waals surface area contributed by atoms with Gasteiger partial charge in [-0.1, -0.05) is 0 Å². The highest BCUT2D eigenvalue weighted by Crippen LogP contribution is 2.34. The van der Waals surface area contributed by atoms with Crippen LogP contribution in [-0.4, -0.2) is 26.9 Å². The molecule has 3 aromatic rings. The zero-order chi connectivity index (χ0) is 19.9. The predicted octanol–water partition coefficient (Wildman–Crippen LogP) is 4.80. The van der Waals surface area contributed by atoms with Gasteiger partial charge in [0.1, 0.15) is 5.65 Å². The van der Waals surface area contributed by atoms with Gasteiger partial charge in [-0.05, 0) is 61.7 Å².